The molecule has 0 aromatic heterocycles. The van der Waals surface area contributed by atoms with Crippen LogP contribution in [0, 0.1) is 5.41 Å². The molecule has 18 heavy (non-hydrogen) atoms. The Kier molecular flexibility index (Phi) is 3.86. The van der Waals surface area contributed by atoms with Gasteiger partial charge in [0.25, 0.3) is 0 Å². The van der Waals surface area contributed by atoms with Crippen LogP contribution in [0.25, 0.3) is 0 Å². The number of Topliss-reactive ketones (excluding diaryl/α,β-unsaturated/α-hetero) is 1. The fourth-order valence-electron chi connectivity index (χ4n) is 2.57. The molecule has 2 rings (SSSR count). The fourth-order valence-corrected chi connectivity index (χ4v) is 2.57. The van der Waals surface area contributed by atoms with Crippen LogP contribution < -0.4 is 0 Å². The summed E-state index contributed by atoms with van der Waals surface area (Å²) in [5.74, 6) is 0.650. The summed E-state index contributed by atoms with van der Waals surface area (Å²) in [6.07, 6.45) is 3.82. The van der Waals surface area contributed by atoms with Crippen molar-refractivity contribution in [3.63, 3.8) is 0 Å². The minimum Gasteiger partial charge on any atom is -0.395 e. The number of ketones is 1. The van der Waals surface area contributed by atoms with E-state index in [2.05, 4.69) is 13.8 Å². The highest BCUT2D eigenvalue weighted by molar-refractivity contribution is 6.01. The maximum Gasteiger partial charge on any atom is 0.171 e. The van der Waals surface area contributed by atoms with E-state index in [9.17, 15) is 9.90 Å². The third kappa shape index (κ3) is 2.22. The van der Waals surface area contributed by atoms with Crippen LogP contribution in [0.4, 0.5) is 0 Å². The molecule has 2 nitrogen and oxygen atoms in total. The van der Waals surface area contributed by atoms with Gasteiger partial charge in [-0.05, 0) is 30.7 Å². The SMILES string of the molecule is CCC(C)c1ccc(C(=O)C2(CO)CCC2)cc1. The summed E-state index contributed by atoms with van der Waals surface area (Å²) in [7, 11) is 0. The van der Waals surface area contributed by atoms with Gasteiger partial charge in [0.05, 0.1) is 12.0 Å². The zero-order chi connectivity index (χ0) is 13.2. The van der Waals surface area contributed by atoms with E-state index in [4.69, 9.17) is 0 Å². The summed E-state index contributed by atoms with van der Waals surface area (Å²) >= 11 is 0. The molecule has 0 radical (unpaired) electrons. The molecule has 98 valence electrons. The molecule has 0 saturated heterocycles. The van der Waals surface area contributed by atoms with Gasteiger partial charge in [-0.1, -0.05) is 44.5 Å². The van der Waals surface area contributed by atoms with Crippen LogP contribution in [-0.2, 0) is 0 Å². The van der Waals surface area contributed by atoms with Crippen molar-refractivity contribution in [1.82, 2.24) is 0 Å². The van der Waals surface area contributed by atoms with Crippen molar-refractivity contribution in [2.24, 2.45) is 5.41 Å². The van der Waals surface area contributed by atoms with Gasteiger partial charge in [0, 0.05) is 5.56 Å². The molecule has 2 heteroatoms. The van der Waals surface area contributed by atoms with Crippen LogP contribution in [0.1, 0.15) is 61.4 Å². The molecule has 0 heterocycles. The average Bonchev–Trinajstić information content (AvgIpc) is 2.37. The summed E-state index contributed by atoms with van der Waals surface area (Å²) in [6.45, 7) is 4.34. The molecule has 0 aliphatic heterocycles. The van der Waals surface area contributed by atoms with E-state index in [1.165, 1.54) is 5.56 Å². The van der Waals surface area contributed by atoms with Gasteiger partial charge in [-0.25, -0.2) is 0 Å². The topological polar surface area (TPSA) is 37.3 Å². The summed E-state index contributed by atoms with van der Waals surface area (Å²) in [5, 5.41) is 9.43. The summed E-state index contributed by atoms with van der Waals surface area (Å²) in [4.78, 5) is 12.4. The lowest BCUT2D eigenvalue weighted by Gasteiger charge is -2.38. The van der Waals surface area contributed by atoms with E-state index in [0.29, 0.717) is 5.92 Å². The number of hydrogen-bond donors (Lipinski definition) is 1. The second kappa shape index (κ2) is 5.23. The first-order valence-corrected chi connectivity index (χ1v) is 6.88. The van der Waals surface area contributed by atoms with Crippen LogP contribution in [0.3, 0.4) is 0 Å². The molecular weight excluding hydrogens is 224 g/mol. The lowest BCUT2D eigenvalue weighted by molar-refractivity contribution is 0.0348. The molecule has 1 unspecified atom stereocenters. The fraction of sp³-hybridized carbons (Fsp3) is 0.562. The number of carbonyl (C=O) groups excluding carboxylic acids is 1. The maximum atomic E-state index is 12.4. The molecular formula is C16H22O2. The van der Waals surface area contributed by atoms with E-state index < -0.39 is 5.41 Å². The van der Waals surface area contributed by atoms with Crippen molar-refractivity contribution >= 4 is 5.78 Å². The monoisotopic (exact) mass is 246 g/mol. The minimum atomic E-state index is -0.474. The van der Waals surface area contributed by atoms with Crippen molar-refractivity contribution in [1.29, 1.82) is 0 Å². The first kappa shape index (κ1) is 13.3. The van der Waals surface area contributed by atoms with Gasteiger partial charge in [-0.3, -0.25) is 4.79 Å². The van der Waals surface area contributed by atoms with Gasteiger partial charge in [-0.2, -0.15) is 0 Å². The quantitative estimate of drug-likeness (QED) is 0.807. The normalized spacial score (nSPS) is 19.1. The Morgan fingerprint density at radius 2 is 1.94 bits per heavy atom. The molecule has 1 saturated carbocycles. The average molecular weight is 246 g/mol. The van der Waals surface area contributed by atoms with Crippen LogP contribution in [0.15, 0.2) is 24.3 Å². The second-order valence-corrected chi connectivity index (χ2v) is 5.55. The number of benzene rings is 1. The Bertz CT molecular complexity index is 410. The molecule has 1 aliphatic carbocycles. The summed E-state index contributed by atoms with van der Waals surface area (Å²) < 4.78 is 0. The second-order valence-electron chi connectivity index (χ2n) is 5.55. The highest BCUT2D eigenvalue weighted by Crippen LogP contribution is 2.43. The van der Waals surface area contributed by atoms with Crippen LogP contribution in [-0.4, -0.2) is 17.5 Å². The third-order valence-corrected chi connectivity index (χ3v) is 4.45. The maximum absolute atomic E-state index is 12.4. The number of carbonyl (C=O) groups is 1. The Morgan fingerprint density at radius 3 is 2.33 bits per heavy atom. The Morgan fingerprint density at radius 1 is 1.33 bits per heavy atom. The van der Waals surface area contributed by atoms with E-state index in [1.54, 1.807) is 0 Å². The first-order chi connectivity index (χ1) is 8.63. The zero-order valence-corrected chi connectivity index (χ0v) is 11.3. The zero-order valence-electron chi connectivity index (χ0n) is 11.3. The number of hydrogen-bond acceptors (Lipinski definition) is 2. The molecule has 0 amide bonds. The van der Waals surface area contributed by atoms with Crippen molar-refractivity contribution in [3.8, 4) is 0 Å². The van der Waals surface area contributed by atoms with Crippen molar-refractivity contribution in [2.45, 2.75) is 45.4 Å². The van der Waals surface area contributed by atoms with Gasteiger partial charge in [0.15, 0.2) is 5.78 Å². The Hall–Kier alpha value is -1.15. The van der Waals surface area contributed by atoms with E-state index in [1.807, 2.05) is 24.3 Å². The number of aliphatic hydroxyl groups is 1. The minimum absolute atomic E-state index is 0.0149. The molecule has 1 aromatic carbocycles. The van der Waals surface area contributed by atoms with Crippen molar-refractivity contribution in [3.05, 3.63) is 35.4 Å². The smallest absolute Gasteiger partial charge is 0.171 e. The highest BCUT2D eigenvalue weighted by Gasteiger charge is 2.43. The molecule has 1 atom stereocenters. The number of rotatable bonds is 5. The van der Waals surface area contributed by atoms with Crippen molar-refractivity contribution < 1.29 is 9.90 Å². The van der Waals surface area contributed by atoms with E-state index in [-0.39, 0.29) is 12.4 Å². The van der Waals surface area contributed by atoms with Gasteiger partial charge in [0.1, 0.15) is 0 Å². The molecule has 1 N–H and O–H groups in total. The number of aliphatic hydroxyl groups excluding tert-OH is 1. The first-order valence-electron chi connectivity index (χ1n) is 6.88. The van der Waals surface area contributed by atoms with Gasteiger partial charge >= 0.3 is 0 Å². The predicted molar refractivity (Wildman–Crippen MR) is 72.8 cm³/mol. The Balaban J connectivity index is 2.17. The lowest BCUT2D eigenvalue weighted by Crippen LogP contribution is -2.41. The largest absolute Gasteiger partial charge is 0.395 e. The van der Waals surface area contributed by atoms with Crippen molar-refractivity contribution in [2.75, 3.05) is 6.61 Å². The van der Waals surface area contributed by atoms with Gasteiger partial charge in [-0.15, -0.1) is 0 Å². The van der Waals surface area contributed by atoms with Crippen LogP contribution in [0.5, 0.6) is 0 Å². The molecule has 0 bridgehead atoms. The predicted octanol–water partition coefficient (Wildman–Crippen LogP) is 3.55. The van der Waals surface area contributed by atoms with Crippen LogP contribution in [0.2, 0.25) is 0 Å². The summed E-state index contributed by atoms with van der Waals surface area (Å²) in [6, 6.07) is 7.93. The molecule has 1 aromatic rings. The summed E-state index contributed by atoms with van der Waals surface area (Å²) in [5.41, 5.74) is 1.55. The molecule has 1 aliphatic rings. The van der Waals surface area contributed by atoms with E-state index >= 15 is 0 Å². The Labute approximate surface area is 109 Å². The van der Waals surface area contributed by atoms with Crippen LogP contribution >= 0.6 is 0 Å². The highest BCUT2D eigenvalue weighted by atomic mass is 16.3. The molecule has 0 spiro atoms. The molecule has 1 fully saturated rings. The van der Waals surface area contributed by atoms with Gasteiger partial charge < -0.3 is 5.11 Å². The van der Waals surface area contributed by atoms with Gasteiger partial charge in [0.2, 0.25) is 0 Å². The third-order valence-electron chi connectivity index (χ3n) is 4.45. The lowest BCUT2D eigenvalue weighted by atomic mass is 9.65. The van der Waals surface area contributed by atoms with E-state index in [0.717, 1.165) is 31.2 Å². The standard InChI is InChI=1S/C16H22O2/c1-3-12(2)13-5-7-14(8-6-13)15(18)16(11-17)9-4-10-16/h5-8,12,17H,3-4,9-11H2,1-2H3.